The molecule has 130 valence electrons. The number of nitrogens with one attached hydrogen (secondary N) is 1. The second-order valence-corrected chi connectivity index (χ2v) is 7.31. The van der Waals surface area contributed by atoms with E-state index in [4.69, 9.17) is 46.4 Å². The molecule has 1 N–H and O–H groups in total. The molecule has 0 aromatic heterocycles. The monoisotopic (exact) mass is 416 g/mol. The summed E-state index contributed by atoms with van der Waals surface area (Å²) in [5, 5.41) is 1.85. The number of hydrogen-bond donors (Lipinski definition) is 1. The molecule has 2 amide bonds. The average molecular weight is 418 g/mol. The lowest BCUT2D eigenvalue weighted by Crippen LogP contribution is -2.63. The van der Waals surface area contributed by atoms with Crippen LogP contribution in [0.5, 0.6) is 0 Å². The summed E-state index contributed by atoms with van der Waals surface area (Å²) in [6.07, 6.45) is 0.106. The van der Waals surface area contributed by atoms with E-state index in [1.165, 1.54) is 5.01 Å². The van der Waals surface area contributed by atoms with Crippen LogP contribution in [-0.4, -0.2) is 22.2 Å². The maximum absolute atomic E-state index is 12.2. The quantitative estimate of drug-likeness (QED) is 0.591. The van der Waals surface area contributed by atoms with Crippen molar-refractivity contribution in [3.63, 3.8) is 0 Å². The van der Waals surface area contributed by atoms with Crippen molar-refractivity contribution in [3.05, 3.63) is 68.7 Å². The Bertz CT molecular complexity index is 826. The maximum atomic E-state index is 12.2. The van der Waals surface area contributed by atoms with E-state index in [-0.39, 0.29) is 18.2 Å². The molecule has 0 saturated carbocycles. The molecule has 1 aliphatic heterocycles. The van der Waals surface area contributed by atoms with Crippen LogP contribution in [0.15, 0.2) is 42.5 Å². The lowest BCUT2D eigenvalue weighted by Gasteiger charge is -2.44. The van der Waals surface area contributed by atoms with Crippen LogP contribution in [0.4, 0.5) is 0 Å². The molecule has 1 fully saturated rings. The van der Waals surface area contributed by atoms with E-state index < -0.39 is 11.4 Å². The predicted octanol–water partition coefficient (Wildman–Crippen LogP) is 4.41. The van der Waals surface area contributed by atoms with Gasteiger partial charge in [0.2, 0.25) is 5.91 Å². The summed E-state index contributed by atoms with van der Waals surface area (Å²) in [5.74, 6) is -0.725. The summed E-state index contributed by atoms with van der Waals surface area (Å²) in [4.78, 5) is 24.3. The first-order chi connectivity index (χ1) is 11.9. The SMILES string of the molecule is O=C(Cc1ccc(Cl)cc1)NN1C(=O)C(Cl)C1c1ccc(Cl)cc1Cl. The summed E-state index contributed by atoms with van der Waals surface area (Å²) < 4.78 is 0. The first-order valence-electron chi connectivity index (χ1n) is 7.33. The number of nitrogens with zero attached hydrogens (tertiary/aromatic N) is 1. The zero-order valence-corrected chi connectivity index (χ0v) is 15.7. The van der Waals surface area contributed by atoms with Crippen molar-refractivity contribution < 1.29 is 9.59 Å². The van der Waals surface area contributed by atoms with Crippen molar-refractivity contribution in [1.82, 2.24) is 10.4 Å². The van der Waals surface area contributed by atoms with Gasteiger partial charge in [-0.3, -0.25) is 15.0 Å². The lowest BCUT2D eigenvalue weighted by atomic mass is 9.95. The number of β-lactam (4-membered cyclic amide) rings is 1. The van der Waals surface area contributed by atoms with Gasteiger partial charge in [0.25, 0.3) is 5.91 Å². The second kappa shape index (κ2) is 7.42. The summed E-state index contributed by atoms with van der Waals surface area (Å²) in [7, 11) is 0. The fourth-order valence-electron chi connectivity index (χ4n) is 2.58. The van der Waals surface area contributed by atoms with Crippen molar-refractivity contribution in [3.8, 4) is 0 Å². The van der Waals surface area contributed by atoms with Gasteiger partial charge in [0.15, 0.2) is 0 Å². The molecule has 0 bridgehead atoms. The topological polar surface area (TPSA) is 49.4 Å². The van der Waals surface area contributed by atoms with Gasteiger partial charge in [-0.1, -0.05) is 53.0 Å². The molecule has 4 nitrogen and oxygen atoms in total. The fourth-order valence-corrected chi connectivity index (χ4v) is 3.58. The van der Waals surface area contributed by atoms with Crippen LogP contribution in [0.1, 0.15) is 17.2 Å². The molecule has 2 aromatic carbocycles. The molecule has 1 aliphatic rings. The van der Waals surface area contributed by atoms with Crippen molar-refractivity contribution in [2.75, 3.05) is 0 Å². The molecule has 0 aliphatic carbocycles. The Balaban J connectivity index is 1.72. The van der Waals surface area contributed by atoms with E-state index in [0.29, 0.717) is 20.6 Å². The van der Waals surface area contributed by atoms with Crippen LogP contribution >= 0.6 is 46.4 Å². The smallest absolute Gasteiger partial charge is 0.262 e. The van der Waals surface area contributed by atoms with Gasteiger partial charge in [-0.05, 0) is 35.4 Å². The molecule has 0 radical (unpaired) electrons. The predicted molar refractivity (Wildman–Crippen MR) is 99.0 cm³/mol. The molecule has 2 atom stereocenters. The fraction of sp³-hybridized carbons (Fsp3) is 0.176. The first kappa shape index (κ1) is 18.3. The van der Waals surface area contributed by atoms with Gasteiger partial charge in [0.05, 0.1) is 6.42 Å². The molecule has 1 saturated heterocycles. The zero-order chi connectivity index (χ0) is 18.1. The van der Waals surface area contributed by atoms with Crippen LogP contribution in [0.3, 0.4) is 0 Å². The van der Waals surface area contributed by atoms with Gasteiger partial charge in [0, 0.05) is 15.1 Å². The third kappa shape index (κ3) is 3.87. The lowest BCUT2D eigenvalue weighted by molar-refractivity contribution is -0.156. The Kier molecular flexibility index (Phi) is 5.44. The molecule has 2 unspecified atom stereocenters. The largest absolute Gasteiger partial charge is 0.273 e. The molecular formula is C17H12Cl4N2O2. The molecule has 8 heteroatoms. The van der Waals surface area contributed by atoms with Gasteiger partial charge in [-0.25, -0.2) is 5.01 Å². The molecule has 1 heterocycles. The van der Waals surface area contributed by atoms with E-state index in [1.54, 1.807) is 42.5 Å². The third-order valence-corrected chi connectivity index (χ3v) is 5.07. The molecule has 25 heavy (non-hydrogen) atoms. The average Bonchev–Trinajstić information content (AvgIpc) is 2.58. The zero-order valence-electron chi connectivity index (χ0n) is 12.7. The van der Waals surface area contributed by atoms with Crippen molar-refractivity contribution in [1.29, 1.82) is 0 Å². The number of halogens is 4. The van der Waals surface area contributed by atoms with E-state index >= 15 is 0 Å². The number of carbonyl (C=O) groups excluding carboxylic acids is 2. The summed E-state index contributed by atoms with van der Waals surface area (Å²) in [5.41, 5.74) is 3.98. The Labute approximate surface area is 164 Å². The minimum Gasteiger partial charge on any atom is -0.273 e. The molecular weight excluding hydrogens is 406 g/mol. The van der Waals surface area contributed by atoms with Gasteiger partial charge in [-0.2, -0.15) is 0 Å². The van der Waals surface area contributed by atoms with Crippen LogP contribution in [0.2, 0.25) is 15.1 Å². The van der Waals surface area contributed by atoms with Crippen LogP contribution in [-0.2, 0) is 16.0 Å². The summed E-state index contributed by atoms with van der Waals surface area (Å²) in [6.45, 7) is 0. The highest BCUT2D eigenvalue weighted by Gasteiger charge is 2.49. The van der Waals surface area contributed by atoms with Crippen molar-refractivity contribution >= 4 is 58.2 Å². The molecule has 0 spiro atoms. The second-order valence-electron chi connectivity index (χ2n) is 5.56. The van der Waals surface area contributed by atoms with Crippen LogP contribution in [0.25, 0.3) is 0 Å². The van der Waals surface area contributed by atoms with Gasteiger partial charge < -0.3 is 0 Å². The number of amides is 2. The highest BCUT2D eigenvalue weighted by atomic mass is 35.5. The standard InChI is InChI=1S/C17H12Cl4N2O2/c18-10-3-1-9(2-4-10)7-14(24)22-23-16(15(21)17(23)25)12-6-5-11(19)8-13(12)20/h1-6,8,15-16H,7H2,(H,22,24). The van der Waals surface area contributed by atoms with E-state index in [1.807, 2.05) is 0 Å². The Hall–Kier alpha value is -1.46. The number of benzene rings is 2. The maximum Gasteiger partial charge on any atom is 0.262 e. The third-order valence-electron chi connectivity index (χ3n) is 3.83. The number of rotatable bonds is 4. The van der Waals surface area contributed by atoms with Crippen LogP contribution in [0, 0.1) is 0 Å². The highest BCUT2D eigenvalue weighted by Crippen LogP contribution is 2.40. The highest BCUT2D eigenvalue weighted by molar-refractivity contribution is 6.36. The summed E-state index contributed by atoms with van der Waals surface area (Å²) >= 11 is 24.0. The van der Waals surface area contributed by atoms with Crippen molar-refractivity contribution in [2.45, 2.75) is 17.8 Å². The first-order valence-corrected chi connectivity index (χ1v) is 8.90. The molecule has 2 aromatic rings. The normalized spacial score (nSPS) is 19.5. The van der Waals surface area contributed by atoms with Gasteiger partial charge >= 0.3 is 0 Å². The van der Waals surface area contributed by atoms with E-state index in [2.05, 4.69) is 5.43 Å². The Morgan fingerprint density at radius 1 is 1.04 bits per heavy atom. The van der Waals surface area contributed by atoms with Gasteiger partial charge in [0.1, 0.15) is 11.4 Å². The van der Waals surface area contributed by atoms with Crippen molar-refractivity contribution in [2.24, 2.45) is 0 Å². The number of carbonyl (C=O) groups is 2. The molecule has 3 rings (SSSR count). The Morgan fingerprint density at radius 3 is 2.32 bits per heavy atom. The number of alkyl halides is 1. The number of hydrazine groups is 1. The minimum absolute atomic E-state index is 0.106. The summed E-state index contributed by atoms with van der Waals surface area (Å²) in [6, 6.07) is 11.3. The van der Waals surface area contributed by atoms with Crippen LogP contribution < -0.4 is 5.43 Å². The van der Waals surface area contributed by atoms with E-state index in [9.17, 15) is 9.59 Å². The number of hydrogen-bond acceptors (Lipinski definition) is 2. The Morgan fingerprint density at radius 2 is 1.68 bits per heavy atom. The van der Waals surface area contributed by atoms with Gasteiger partial charge in [-0.15, -0.1) is 11.6 Å². The minimum atomic E-state index is -0.797. The van der Waals surface area contributed by atoms with E-state index in [0.717, 1.165) is 5.56 Å².